The van der Waals surface area contributed by atoms with Gasteiger partial charge in [-0.1, -0.05) is 11.6 Å². The lowest BCUT2D eigenvalue weighted by molar-refractivity contribution is 0.542. The molecular weight excluding hydrogens is 200 g/mol. The molecule has 0 aliphatic rings. The third-order valence-corrected chi connectivity index (χ3v) is 2.17. The van der Waals surface area contributed by atoms with Crippen molar-refractivity contribution in [3.63, 3.8) is 0 Å². The zero-order valence-corrected chi connectivity index (χ0v) is 8.38. The third kappa shape index (κ3) is 1.59. The van der Waals surface area contributed by atoms with Gasteiger partial charge < -0.3 is 10.2 Å². The highest BCUT2D eigenvalue weighted by Crippen LogP contribution is 2.28. The van der Waals surface area contributed by atoms with Gasteiger partial charge in [0.1, 0.15) is 5.76 Å². The van der Waals surface area contributed by atoms with Crippen LogP contribution < -0.4 is 5.73 Å². The highest BCUT2D eigenvalue weighted by atomic mass is 35.5. The normalized spacial score (nSPS) is 10.4. The number of anilines is 1. The summed E-state index contributed by atoms with van der Waals surface area (Å²) in [5.41, 5.74) is 7.00. The van der Waals surface area contributed by atoms with E-state index in [4.69, 9.17) is 21.8 Å². The van der Waals surface area contributed by atoms with Crippen molar-refractivity contribution < 1.29 is 4.42 Å². The van der Waals surface area contributed by atoms with Crippen LogP contribution in [0.3, 0.4) is 0 Å². The summed E-state index contributed by atoms with van der Waals surface area (Å²) in [5, 5.41) is 0.584. The van der Waals surface area contributed by atoms with Crippen LogP contribution in [0.1, 0.15) is 5.76 Å². The predicted octanol–water partition coefficient (Wildman–Crippen LogP) is 2.89. The van der Waals surface area contributed by atoms with Crippen molar-refractivity contribution in [2.75, 3.05) is 5.73 Å². The van der Waals surface area contributed by atoms with E-state index in [1.807, 2.05) is 6.92 Å². The molecular formula is C10H9ClN2O. The fraction of sp³-hybridized carbons (Fsp3) is 0.100. The predicted molar refractivity (Wildman–Crippen MR) is 56.1 cm³/mol. The molecule has 72 valence electrons. The molecule has 2 rings (SSSR count). The molecule has 0 radical (unpaired) electrons. The molecule has 0 amide bonds. The number of hydrogen-bond acceptors (Lipinski definition) is 3. The summed E-state index contributed by atoms with van der Waals surface area (Å²) >= 11 is 5.98. The molecule has 0 saturated heterocycles. The Morgan fingerprint density at radius 1 is 1.43 bits per heavy atom. The van der Waals surface area contributed by atoms with Gasteiger partial charge in [0, 0.05) is 5.69 Å². The smallest absolute Gasteiger partial charge is 0.227 e. The Balaban J connectivity index is 2.55. The van der Waals surface area contributed by atoms with Gasteiger partial charge in [-0.25, -0.2) is 4.98 Å². The van der Waals surface area contributed by atoms with Crippen molar-refractivity contribution in [2.24, 2.45) is 0 Å². The van der Waals surface area contributed by atoms with Crippen LogP contribution >= 0.6 is 11.6 Å². The highest BCUT2D eigenvalue weighted by Gasteiger charge is 2.08. The summed E-state index contributed by atoms with van der Waals surface area (Å²) in [6, 6.07) is 5.21. The highest BCUT2D eigenvalue weighted by molar-refractivity contribution is 6.33. The lowest BCUT2D eigenvalue weighted by Crippen LogP contribution is -1.86. The Hall–Kier alpha value is -1.48. The Labute approximate surface area is 86.5 Å². The zero-order chi connectivity index (χ0) is 10.1. The van der Waals surface area contributed by atoms with Crippen LogP contribution in [0, 0.1) is 6.92 Å². The van der Waals surface area contributed by atoms with Gasteiger partial charge in [-0.3, -0.25) is 0 Å². The number of halogens is 1. The van der Waals surface area contributed by atoms with Gasteiger partial charge in [0.15, 0.2) is 0 Å². The van der Waals surface area contributed by atoms with E-state index < -0.39 is 0 Å². The van der Waals surface area contributed by atoms with Crippen molar-refractivity contribution in [3.8, 4) is 11.5 Å². The molecule has 1 aromatic heterocycles. The van der Waals surface area contributed by atoms with E-state index in [1.165, 1.54) is 0 Å². The molecule has 0 aliphatic carbocycles. The standard InChI is InChI=1S/C10H9ClN2O/c1-6-5-13-10(14-6)8-4-7(12)2-3-9(8)11/h2-5H,12H2,1H3. The van der Waals surface area contributed by atoms with Crippen molar-refractivity contribution in [1.29, 1.82) is 0 Å². The maximum atomic E-state index is 5.98. The van der Waals surface area contributed by atoms with E-state index >= 15 is 0 Å². The van der Waals surface area contributed by atoms with Gasteiger partial charge in [-0.05, 0) is 25.1 Å². The van der Waals surface area contributed by atoms with Gasteiger partial charge in [0.25, 0.3) is 0 Å². The number of nitrogens with two attached hydrogens (primary N) is 1. The summed E-state index contributed by atoms with van der Waals surface area (Å²) in [6.07, 6.45) is 1.65. The monoisotopic (exact) mass is 208 g/mol. The molecule has 3 nitrogen and oxygen atoms in total. The Bertz CT molecular complexity index is 465. The van der Waals surface area contributed by atoms with Crippen molar-refractivity contribution in [1.82, 2.24) is 4.98 Å². The van der Waals surface area contributed by atoms with Crippen LogP contribution in [-0.2, 0) is 0 Å². The van der Waals surface area contributed by atoms with Gasteiger partial charge >= 0.3 is 0 Å². The van der Waals surface area contributed by atoms with E-state index in [0.29, 0.717) is 16.6 Å². The Kier molecular flexibility index (Phi) is 2.17. The van der Waals surface area contributed by atoms with E-state index in [9.17, 15) is 0 Å². The minimum atomic E-state index is 0.500. The van der Waals surface area contributed by atoms with Crippen LogP contribution in [-0.4, -0.2) is 4.98 Å². The molecule has 0 aliphatic heterocycles. The number of hydrogen-bond donors (Lipinski definition) is 1. The summed E-state index contributed by atoms with van der Waals surface area (Å²) in [6.45, 7) is 1.83. The second-order valence-electron chi connectivity index (χ2n) is 3.02. The van der Waals surface area contributed by atoms with Gasteiger partial charge in [-0.2, -0.15) is 0 Å². The second kappa shape index (κ2) is 3.35. The van der Waals surface area contributed by atoms with Gasteiger partial charge in [0.2, 0.25) is 5.89 Å². The molecule has 0 unspecified atom stereocenters. The number of nitrogen functional groups attached to an aromatic ring is 1. The quantitative estimate of drug-likeness (QED) is 0.734. The number of rotatable bonds is 1. The first-order valence-corrected chi connectivity index (χ1v) is 4.52. The van der Waals surface area contributed by atoms with Crippen LogP contribution in [0.5, 0.6) is 0 Å². The van der Waals surface area contributed by atoms with Crippen LogP contribution in [0.2, 0.25) is 5.02 Å². The lowest BCUT2D eigenvalue weighted by Gasteiger charge is -2.00. The molecule has 14 heavy (non-hydrogen) atoms. The fourth-order valence-corrected chi connectivity index (χ4v) is 1.38. The molecule has 0 spiro atoms. The third-order valence-electron chi connectivity index (χ3n) is 1.84. The molecule has 4 heteroatoms. The SMILES string of the molecule is Cc1cnc(-c2cc(N)ccc2Cl)o1. The van der Waals surface area contributed by atoms with Crippen LogP contribution in [0.25, 0.3) is 11.5 Å². The first kappa shape index (κ1) is 9.09. The van der Waals surface area contributed by atoms with Crippen LogP contribution in [0.4, 0.5) is 5.69 Å². The fourth-order valence-electron chi connectivity index (χ4n) is 1.19. The molecule has 0 saturated carbocycles. The molecule has 1 heterocycles. The van der Waals surface area contributed by atoms with Gasteiger partial charge in [0.05, 0.1) is 16.8 Å². The maximum absolute atomic E-state index is 5.98. The maximum Gasteiger partial charge on any atom is 0.227 e. The van der Waals surface area contributed by atoms with Crippen molar-refractivity contribution in [3.05, 3.63) is 35.2 Å². The number of oxazole rings is 1. The van der Waals surface area contributed by atoms with Crippen LogP contribution in [0.15, 0.2) is 28.8 Å². The summed E-state index contributed by atoms with van der Waals surface area (Å²) in [7, 11) is 0. The molecule has 0 atom stereocenters. The van der Waals surface area contributed by atoms with Crippen molar-refractivity contribution >= 4 is 17.3 Å². The molecule has 0 bridgehead atoms. The summed E-state index contributed by atoms with van der Waals surface area (Å²) in [5.74, 6) is 1.25. The molecule has 2 aromatic rings. The number of benzene rings is 1. The van der Waals surface area contributed by atoms with E-state index in [2.05, 4.69) is 4.98 Å². The largest absolute Gasteiger partial charge is 0.441 e. The molecule has 1 aromatic carbocycles. The second-order valence-corrected chi connectivity index (χ2v) is 3.42. The Morgan fingerprint density at radius 2 is 2.21 bits per heavy atom. The molecule has 2 N–H and O–H groups in total. The van der Waals surface area contributed by atoms with E-state index in [1.54, 1.807) is 24.4 Å². The minimum absolute atomic E-state index is 0.500. The van der Waals surface area contributed by atoms with E-state index in [-0.39, 0.29) is 0 Å². The first-order chi connectivity index (χ1) is 6.66. The average molecular weight is 209 g/mol. The van der Waals surface area contributed by atoms with E-state index in [0.717, 1.165) is 11.3 Å². The van der Waals surface area contributed by atoms with Crippen molar-refractivity contribution in [2.45, 2.75) is 6.92 Å². The minimum Gasteiger partial charge on any atom is -0.441 e. The Morgan fingerprint density at radius 3 is 2.86 bits per heavy atom. The lowest BCUT2D eigenvalue weighted by atomic mass is 10.2. The summed E-state index contributed by atoms with van der Waals surface area (Å²) in [4.78, 5) is 4.08. The molecule has 0 fully saturated rings. The number of aromatic nitrogens is 1. The zero-order valence-electron chi connectivity index (χ0n) is 7.62. The first-order valence-electron chi connectivity index (χ1n) is 4.14. The van der Waals surface area contributed by atoms with Gasteiger partial charge in [-0.15, -0.1) is 0 Å². The number of aryl methyl sites for hydroxylation is 1. The topological polar surface area (TPSA) is 52.0 Å². The average Bonchev–Trinajstić information content (AvgIpc) is 2.56. The number of nitrogens with zero attached hydrogens (tertiary/aromatic N) is 1. The summed E-state index contributed by atoms with van der Waals surface area (Å²) < 4.78 is 5.35.